The number of nitrogens with zero attached hydrogens (tertiary/aromatic N) is 3. The highest BCUT2D eigenvalue weighted by molar-refractivity contribution is 6.32. The maximum Gasteiger partial charge on any atom is 0.243 e. The summed E-state index contributed by atoms with van der Waals surface area (Å²) in [6, 6.07) is 18.3. The van der Waals surface area contributed by atoms with Gasteiger partial charge in [-0.2, -0.15) is 10.2 Å². The molecule has 2 atom stereocenters. The van der Waals surface area contributed by atoms with Gasteiger partial charge in [-0.3, -0.25) is 4.79 Å². The van der Waals surface area contributed by atoms with Crippen molar-refractivity contribution in [3.63, 3.8) is 0 Å². The average Bonchev–Trinajstić information content (AvgIpc) is 3.50. The second kappa shape index (κ2) is 8.31. The van der Waals surface area contributed by atoms with E-state index in [1.807, 2.05) is 37.3 Å². The standard InChI is InChI=1S/C25H27ClN4O/c1-16-22(23(26)30(29-16)19-8-6-5-7-9-19)15-27-28-24(31)21-14-20(21)17-10-12-18(13-11-17)25(2,3)4/h5-13,15,20-21H,14H2,1-4H3,(H,28,31)/b27-15-/t20-,21-/m1/s1. The lowest BCUT2D eigenvalue weighted by Gasteiger charge is -2.19. The van der Waals surface area contributed by atoms with Gasteiger partial charge in [-0.05, 0) is 47.9 Å². The van der Waals surface area contributed by atoms with Crippen molar-refractivity contribution >= 4 is 23.7 Å². The van der Waals surface area contributed by atoms with Gasteiger partial charge >= 0.3 is 0 Å². The fourth-order valence-electron chi connectivity index (χ4n) is 3.72. The zero-order valence-electron chi connectivity index (χ0n) is 18.3. The van der Waals surface area contributed by atoms with E-state index in [4.69, 9.17) is 11.6 Å². The Hall–Kier alpha value is -2.92. The van der Waals surface area contributed by atoms with Crippen LogP contribution in [0.3, 0.4) is 0 Å². The van der Waals surface area contributed by atoms with Gasteiger partial charge in [-0.15, -0.1) is 0 Å². The van der Waals surface area contributed by atoms with Crippen molar-refractivity contribution in [3.8, 4) is 5.69 Å². The summed E-state index contributed by atoms with van der Waals surface area (Å²) in [6.07, 6.45) is 2.42. The van der Waals surface area contributed by atoms with Crippen molar-refractivity contribution in [1.82, 2.24) is 15.2 Å². The van der Waals surface area contributed by atoms with Crippen LogP contribution in [0.25, 0.3) is 5.69 Å². The molecule has 6 heteroatoms. The maximum absolute atomic E-state index is 12.5. The second-order valence-electron chi connectivity index (χ2n) is 9.09. The molecule has 1 amide bonds. The molecule has 1 saturated carbocycles. The van der Waals surface area contributed by atoms with E-state index in [-0.39, 0.29) is 23.2 Å². The Morgan fingerprint density at radius 2 is 1.84 bits per heavy atom. The molecule has 4 rings (SSSR count). The number of para-hydroxylation sites is 1. The number of hydrogen-bond acceptors (Lipinski definition) is 3. The van der Waals surface area contributed by atoms with Crippen LogP contribution in [0.5, 0.6) is 0 Å². The molecule has 5 nitrogen and oxygen atoms in total. The molecule has 31 heavy (non-hydrogen) atoms. The van der Waals surface area contributed by atoms with Crippen molar-refractivity contribution in [2.45, 2.75) is 45.4 Å². The lowest BCUT2D eigenvalue weighted by atomic mass is 9.86. The van der Waals surface area contributed by atoms with Crippen LogP contribution in [-0.2, 0) is 10.2 Å². The molecular weight excluding hydrogens is 408 g/mol. The van der Waals surface area contributed by atoms with Gasteiger partial charge in [-0.25, -0.2) is 10.1 Å². The van der Waals surface area contributed by atoms with Crippen LogP contribution in [0.1, 0.15) is 55.5 Å². The molecule has 0 spiro atoms. The summed E-state index contributed by atoms with van der Waals surface area (Å²) in [5, 5.41) is 9.09. The van der Waals surface area contributed by atoms with Crippen molar-refractivity contribution in [3.05, 3.63) is 82.1 Å². The molecule has 2 aromatic carbocycles. The molecular formula is C25H27ClN4O. The van der Waals surface area contributed by atoms with Gasteiger partial charge in [0.15, 0.2) is 0 Å². The number of carbonyl (C=O) groups excluding carboxylic acids is 1. The zero-order chi connectivity index (χ0) is 22.2. The second-order valence-corrected chi connectivity index (χ2v) is 9.45. The molecule has 0 aliphatic heterocycles. The molecule has 1 fully saturated rings. The summed E-state index contributed by atoms with van der Waals surface area (Å²) in [7, 11) is 0. The number of hydrogen-bond donors (Lipinski definition) is 1. The molecule has 1 aromatic heterocycles. The van der Waals surface area contributed by atoms with Crippen LogP contribution in [0.2, 0.25) is 5.15 Å². The molecule has 0 saturated heterocycles. The number of aromatic nitrogens is 2. The van der Waals surface area contributed by atoms with Gasteiger partial charge in [0.25, 0.3) is 0 Å². The monoisotopic (exact) mass is 434 g/mol. The molecule has 3 aromatic rings. The summed E-state index contributed by atoms with van der Waals surface area (Å²) in [5.74, 6) is 0.155. The van der Waals surface area contributed by atoms with Gasteiger partial charge in [0.1, 0.15) is 5.15 Å². The van der Waals surface area contributed by atoms with E-state index >= 15 is 0 Å². The largest absolute Gasteiger partial charge is 0.273 e. The van der Waals surface area contributed by atoms with Gasteiger partial charge in [0, 0.05) is 5.92 Å². The Bertz CT molecular complexity index is 1110. The predicted octanol–water partition coefficient (Wildman–Crippen LogP) is 5.39. The number of nitrogens with one attached hydrogen (secondary N) is 1. The number of halogens is 1. The minimum absolute atomic E-state index is 0.0405. The number of carbonyl (C=O) groups is 1. The Balaban J connectivity index is 1.38. The molecule has 0 radical (unpaired) electrons. The average molecular weight is 435 g/mol. The lowest BCUT2D eigenvalue weighted by Crippen LogP contribution is -2.20. The molecule has 1 N–H and O–H groups in total. The number of benzene rings is 2. The first-order valence-corrected chi connectivity index (χ1v) is 10.9. The Morgan fingerprint density at radius 3 is 2.48 bits per heavy atom. The number of rotatable bonds is 5. The van der Waals surface area contributed by atoms with E-state index in [1.54, 1.807) is 10.9 Å². The van der Waals surface area contributed by atoms with Crippen LogP contribution >= 0.6 is 11.6 Å². The van der Waals surface area contributed by atoms with Crippen LogP contribution in [0.15, 0.2) is 59.7 Å². The highest BCUT2D eigenvalue weighted by atomic mass is 35.5. The topological polar surface area (TPSA) is 59.3 Å². The van der Waals surface area contributed by atoms with E-state index in [0.717, 1.165) is 17.8 Å². The molecule has 1 aliphatic rings. The van der Waals surface area contributed by atoms with E-state index in [1.165, 1.54) is 11.1 Å². The zero-order valence-corrected chi connectivity index (χ0v) is 19.0. The van der Waals surface area contributed by atoms with Crippen LogP contribution in [0.4, 0.5) is 0 Å². The first kappa shape index (κ1) is 21.3. The molecule has 0 bridgehead atoms. The third-order valence-corrected chi connectivity index (χ3v) is 6.11. The fourth-order valence-corrected chi connectivity index (χ4v) is 4.05. The summed E-state index contributed by atoms with van der Waals surface area (Å²) in [4.78, 5) is 12.5. The van der Waals surface area contributed by atoms with Crippen molar-refractivity contribution in [1.29, 1.82) is 0 Å². The number of hydrazone groups is 1. The Morgan fingerprint density at radius 1 is 1.16 bits per heavy atom. The molecule has 1 heterocycles. The number of amides is 1. The molecule has 1 aliphatic carbocycles. The van der Waals surface area contributed by atoms with E-state index < -0.39 is 0 Å². The summed E-state index contributed by atoms with van der Waals surface area (Å²) >= 11 is 6.50. The van der Waals surface area contributed by atoms with Crippen LogP contribution < -0.4 is 5.43 Å². The molecule has 160 valence electrons. The number of aryl methyl sites for hydroxylation is 1. The summed E-state index contributed by atoms with van der Waals surface area (Å²) in [6.45, 7) is 8.47. The van der Waals surface area contributed by atoms with E-state index in [2.05, 4.69) is 60.7 Å². The van der Waals surface area contributed by atoms with Gasteiger partial charge in [0.05, 0.1) is 23.2 Å². The summed E-state index contributed by atoms with van der Waals surface area (Å²) < 4.78 is 1.66. The first-order valence-electron chi connectivity index (χ1n) is 10.5. The SMILES string of the molecule is Cc1nn(-c2ccccc2)c(Cl)c1/C=N\NC(=O)[C@@H]1C[C@@H]1c1ccc(C(C)(C)C)cc1. The first-order chi connectivity index (χ1) is 14.8. The molecule has 0 unspecified atom stereocenters. The van der Waals surface area contributed by atoms with E-state index in [9.17, 15) is 4.79 Å². The predicted molar refractivity (Wildman–Crippen MR) is 125 cm³/mol. The quantitative estimate of drug-likeness (QED) is 0.432. The summed E-state index contributed by atoms with van der Waals surface area (Å²) in [5.41, 5.74) is 7.61. The highest BCUT2D eigenvalue weighted by Gasteiger charge is 2.44. The van der Waals surface area contributed by atoms with E-state index in [0.29, 0.717) is 10.7 Å². The minimum atomic E-state index is -0.0645. The Labute approximate surface area is 188 Å². The third kappa shape index (κ3) is 4.57. The Kier molecular flexibility index (Phi) is 5.71. The minimum Gasteiger partial charge on any atom is -0.273 e. The van der Waals surface area contributed by atoms with Crippen molar-refractivity contribution in [2.75, 3.05) is 0 Å². The lowest BCUT2D eigenvalue weighted by molar-refractivity contribution is -0.122. The normalized spacial score (nSPS) is 18.4. The smallest absolute Gasteiger partial charge is 0.243 e. The van der Waals surface area contributed by atoms with Crippen molar-refractivity contribution in [2.24, 2.45) is 11.0 Å². The van der Waals surface area contributed by atoms with Gasteiger partial charge < -0.3 is 0 Å². The third-order valence-electron chi connectivity index (χ3n) is 5.75. The maximum atomic E-state index is 12.5. The van der Waals surface area contributed by atoms with Crippen LogP contribution in [0, 0.1) is 12.8 Å². The van der Waals surface area contributed by atoms with Crippen LogP contribution in [-0.4, -0.2) is 21.9 Å². The van der Waals surface area contributed by atoms with Gasteiger partial charge in [-0.1, -0.05) is 74.8 Å². The van der Waals surface area contributed by atoms with Crippen molar-refractivity contribution < 1.29 is 4.79 Å². The van der Waals surface area contributed by atoms with Gasteiger partial charge in [0.2, 0.25) is 5.91 Å². The highest BCUT2D eigenvalue weighted by Crippen LogP contribution is 2.47. The fraction of sp³-hybridized carbons (Fsp3) is 0.320.